The number of carboxylic acid groups (broad SMARTS) is 1. The summed E-state index contributed by atoms with van der Waals surface area (Å²) in [5, 5.41) is 13.3. The smallest absolute Gasteiger partial charge is 0.320 e. The van der Waals surface area contributed by atoms with E-state index in [9.17, 15) is 9.90 Å². The molecule has 0 saturated carbocycles. The second-order valence-corrected chi connectivity index (χ2v) is 5.90. The van der Waals surface area contributed by atoms with Crippen molar-refractivity contribution in [3.05, 3.63) is 40.5 Å². The van der Waals surface area contributed by atoms with Crippen LogP contribution in [0.15, 0.2) is 34.9 Å². The van der Waals surface area contributed by atoms with Gasteiger partial charge in [-0.1, -0.05) is 41.9 Å². The van der Waals surface area contributed by atoms with Crippen molar-refractivity contribution in [2.45, 2.75) is 26.4 Å². The van der Waals surface area contributed by atoms with E-state index >= 15 is 0 Å². The van der Waals surface area contributed by atoms with Gasteiger partial charge in [0, 0.05) is 22.6 Å². The van der Waals surface area contributed by atoms with E-state index in [0.29, 0.717) is 6.54 Å². The topological polar surface area (TPSA) is 62.2 Å². The summed E-state index contributed by atoms with van der Waals surface area (Å²) in [7, 11) is 0. The molecule has 1 atom stereocenters. The van der Waals surface area contributed by atoms with Crippen LogP contribution >= 0.6 is 15.9 Å². The Balaban J connectivity index is 2.26. The number of nitrogens with one attached hydrogen (secondary N) is 1. The Morgan fingerprint density at radius 1 is 1.40 bits per heavy atom. The molecule has 0 spiro atoms. The standard InChI is InChI=1S/C15H17BrN2O2/c1-9(2)13(15(19)20)18-8-10-5-6-12(16)11-4-3-7-17-14(10)11/h3-7,9,13,18H,8H2,1-2H3,(H,19,20)/t13-/m0/s1. The van der Waals surface area contributed by atoms with Gasteiger partial charge in [0.25, 0.3) is 0 Å². The molecule has 106 valence electrons. The fraction of sp³-hybridized carbons (Fsp3) is 0.333. The largest absolute Gasteiger partial charge is 0.480 e. The first-order chi connectivity index (χ1) is 9.50. The summed E-state index contributed by atoms with van der Waals surface area (Å²) in [6, 6.07) is 7.25. The minimum Gasteiger partial charge on any atom is -0.480 e. The summed E-state index contributed by atoms with van der Waals surface area (Å²) in [6.07, 6.45) is 1.75. The van der Waals surface area contributed by atoms with Crippen molar-refractivity contribution >= 4 is 32.8 Å². The van der Waals surface area contributed by atoms with Crippen LogP contribution in [0.5, 0.6) is 0 Å². The number of fused-ring (bicyclic) bond motifs is 1. The molecule has 20 heavy (non-hydrogen) atoms. The van der Waals surface area contributed by atoms with E-state index in [0.717, 1.165) is 20.9 Å². The summed E-state index contributed by atoms with van der Waals surface area (Å²) >= 11 is 3.50. The van der Waals surface area contributed by atoms with Crippen molar-refractivity contribution in [3.63, 3.8) is 0 Å². The Morgan fingerprint density at radius 2 is 2.15 bits per heavy atom. The van der Waals surface area contributed by atoms with E-state index in [1.165, 1.54) is 0 Å². The zero-order valence-electron chi connectivity index (χ0n) is 11.4. The van der Waals surface area contributed by atoms with Gasteiger partial charge < -0.3 is 10.4 Å². The third-order valence-electron chi connectivity index (χ3n) is 3.25. The number of halogens is 1. The van der Waals surface area contributed by atoms with E-state index in [4.69, 9.17) is 0 Å². The first kappa shape index (κ1) is 14.9. The van der Waals surface area contributed by atoms with Crippen LogP contribution in [0.3, 0.4) is 0 Å². The maximum absolute atomic E-state index is 11.2. The van der Waals surface area contributed by atoms with Crippen LogP contribution in [0.2, 0.25) is 0 Å². The maximum Gasteiger partial charge on any atom is 0.320 e. The molecule has 0 saturated heterocycles. The maximum atomic E-state index is 11.2. The molecule has 1 heterocycles. The highest BCUT2D eigenvalue weighted by Crippen LogP contribution is 2.25. The number of carbonyl (C=O) groups is 1. The lowest BCUT2D eigenvalue weighted by Gasteiger charge is -2.18. The normalized spacial score (nSPS) is 12.8. The summed E-state index contributed by atoms with van der Waals surface area (Å²) in [5.41, 5.74) is 1.89. The molecule has 1 aromatic carbocycles. The molecule has 2 aromatic rings. The van der Waals surface area contributed by atoms with E-state index in [2.05, 4.69) is 26.2 Å². The highest BCUT2D eigenvalue weighted by atomic mass is 79.9. The average Bonchev–Trinajstić information content (AvgIpc) is 2.41. The van der Waals surface area contributed by atoms with Crippen molar-refractivity contribution in [1.82, 2.24) is 10.3 Å². The van der Waals surface area contributed by atoms with Gasteiger partial charge in [-0.25, -0.2) is 0 Å². The number of aliphatic carboxylic acids is 1. The number of hydrogen-bond acceptors (Lipinski definition) is 3. The lowest BCUT2D eigenvalue weighted by molar-refractivity contribution is -0.140. The third kappa shape index (κ3) is 3.16. The van der Waals surface area contributed by atoms with E-state index in [1.807, 2.05) is 38.1 Å². The van der Waals surface area contributed by atoms with Crippen molar-refractivity contribution in [2.75, 3.05) is 0 Å². The molecular formula is C15H17BrN2O2. The van der Waals surface area contributed by atoms with Gasteiger partial charge >= 0.3 is 5.97 Å². The third-order valence-corrected chi connectivity index (χ3v) is 3.94. The van der Waals surface area contributed by atoms with Gasteiger partial charge in [0.1, 0.15) is 6.04 Å². The molecule has 2 rings (SSSR count). The molecule has 0 aliphatic heterocycles. The van der Waals surface area contributed by atoms with Crippen molar-refractivity contribution in [2.24, 2.45) is 5.92 Å². The van der Waals surface area contributed by atoms with Crippen LogP contribution in [0.1, 0.15) is 19.4 Å². The molecule has 4 nitrogen and oxygen atoms in total. The number of benzene rings is 1. The number of rotatable bonds is 5. The predicted octanol–water partition coefficient (Wildman–Crippen LogP) is 3.20. The van der Waals surface area contributed by atoms with Gasteiger partial charge in [0.05, 0.1) is 5.52 Å². The Hall–Kier alpha value is -1.46. The number of aromatic nitrogens is 1. The quantitative estimate of drug-likeness (QED) is 0.880. The van der Waals surface area contributed by atoms with Gasteiger partial charge in [0.15, 0.2) is 0 Å². The molecule has 0 aliphatic rings. The highest BCUT2D eigenvalue weighted by Gasteiger charge is 2.20. The summed E-state index contributed by atoms with van der Waals surface area (Å²) < 4.78 is 0.989. The van der Waals surface area contributed by atoms with Gasteiger partial charge in [-0.3, -0.25) is 9.78 Å². The highest BCUT2D eigenvalue weighted by molar-refractivity contribution is 9.10. The predicted molar refractivity (Wildman–Crippen MR) is 82.5 cm³/mol. The zero-order valence-corrected chi connectivity index (χ0v) is 13.0. The molecule has 0 bridgehead atoms. The number of pyridine rings is 1. The minimum absolute atomic E-state index is 0.0298. The van der Waals surface area contributed by atoms with Crippen LogP contribution in [0.4, 0.5) is 0 Å². The van der Waals surface area contributed by atoms with Crippen LogP contribution < -0.4 is 5.32 Å². The van der Waals surface area contributed by atoms with Crippen molar-refractivity contribution < 1.29 is 9.90 Å². The molecule has 1 aromatic heterocycles. The van der Waals surface area contributed by atoms with Gasteiger partial charge in [0.2, 0.25) is 0 Å². The SMILES string of the molecule is CC(C)[C@H](NCc1ccc(Br)c2cccnc12)C(=O)O. The molecule has 0 unspecified atom stereocenters. The summed E-state index contributed by atoms with van der Waals surface area (Å²) in [6.45, 7) is 4.27. The zero-order chi connectivity index (χ0) is 14.7. The van der Waals surface area contributed by atoms with Crippen molar-refractivity contribution in [1.29, 1.82) is 0 Å². The van der Waals surface area contributed by atoms with Crippen LogP contribution in [-0.2, 0) is 11.3 Å². The van der Waals surface area contributed by atoms with Crippen LogP contribution in [0.25, 0.3) is 10.9 Å². The Labute approximate surface area is 126 Å². The molecule has 5 heteroatoms. The summed E-state index contributed by atoms with van der Waals surface area (Å²) in [5.74, 6) is -0.795. The van der Waals surface area contributed by atoms with Gasteiger partial charge in [-0.2, -0.15) is 0 Å². The second kappa shape index (κ2) is 6.33. The Bertz CT molecular complexity index is 628. The van der Waals surface area contributed by atoms with E-state index < -0.39 is 12.0 Å². The first-order valence-electron chi connectivity index (χ1n) is 6.49. The Morgan fingerprint density at radius 3 is 2.80 bits per heavy atom. The molecule has 0 aliphatic carbocycles. The number of hydrogen-bond donors (Lipinski definition) is 2. The van der Waals surface area contributed by atoms with E-state index in [-0.39, 0.29) is 5.92 Å². The van der Waals surface area contributed by atoms with Crippen molar-refractivity contribution in [3.8, 4) is 0 Å². The van der Waals surface area contributed by atoms with Gasteiger partial charge in [-0.15, -0.1) is 0 Å². The fourth-order valence-corrected chi connectivity index (χ4v) is 2.62. The first-order valence-corrected chi connectivity index (χ1v) is 7.28. The monoisotopic (exact) mass is 336 g/mol. The van der Waals surface area contributed by atoms with E-state index in [1.54, 1.807) is 6.20 Å². The Kier molecular flexibility index (Phi) is 4.73. The lowest BCUT2D eigenvalue weighted by Crippen LogP contribution is -2.40. The number of carboxylic acids is 1. The van der Waals surface area contributed by atoms with Crippen LogP contribution in [0, 0.1) is 5.92 Å². The molecule has 0 radical (unpaired) electrons. The van der Waals surface area contributed by atoms with Gasteiger partial charge in [-0.05, 0) is 23.6 Å². The number of nitrogens with zero attached hydrogens (tertiary/aromatic N) is 1. The second-order valence-electron chi connectivity index (χ2n) is 5.05. The molecular weight excluding hydrogens is 320 g/mol. The minimum atomic E-state index is -0.825. The average molecular weight is 337 g/mol. The lowest BCUT2D eigenvalue weighted by atomic mass is 10.0. The molecule has 0 fully saturated rings. The molecule has 2 N–H and O–H groups in total. The summed E-state index contributed by atoms with van der Waals surface area (Å²) in [4.78, 5) is 15.6. The molecule has 0 amide bonds. The fourth-order valence-electron chi connectivity index (χ4n) is 2.17. The van der Waals surface area contributed by atoms with Crippen LogP contribution in [-0.4, -0.2) is 22.1 Å².